The van der Waals surface area contributed by atoms with Crippen LogP contribution in [0.3, 0.4) is 0 Å². The number of likely N-dealkylation sites (N-methyl/N-ethyl adjacent to an activating group) is 1. The molecule has 6 nitrogen and oxygen atoms in total. The van der Waals surface area contributed by atoms with Gasteiger partial charge in [-0.05, 0) is 31.3 Å². The van der Waals surface area contributed by atoms with Crippen LogP contribution in [0.25, 0.3) is 21.3 Å². The largest absolute Gasteiger partial charge is 0.302 e. The molecule has 2 aromatic heterocycles. The molecule has 0 radical (unpaired) electrons. The van der Waals surface area contributed by atoms with Crippen LogP contribution in [0.4, 0.5) is 13.9 Å². The molecule has 0 aliphatic carbocycles. The normalized spacial score (nSPS) is 11.2. The van der Waals surface area contributed by atoms with Crippen molar-refractivity contribution < 1.29 is 13.6 Å². The summed E-state index contributed by atoms with van der Waals surface area (Å²) in [4.78, 5) is 30.1. The van der Waals surface area contributed by atoms with Gasteiger partial charge in [-0.15, -0.1) is 12.4 Å². The van der Waals surface area contributed by atoms with Gasteiger partial charge in [0.15, 0.2) is 10.9 Å². The minimum absolute atomic E-state index is 0. The van der Waals surface area contributed by atoms with Crippen LogP contribution in [-0.4, -0.2) is 51.9 Å². The van der Waals surface area contributed by atoms with E-state index in [9.17, 15) is 13.6 Å². The fourth-order valence-electron chi connectivity index (χ4n) is 3.32. The molecule has 0 spiro atoms. The summed E-state index contributed by atoms with van der Waals surface area (Å²) in [6.45, 7) is 6.67. The summed E-state index contributed by atoms with van der Waals surface area (Å²) in [6.07, 6.45) is 1.43. The third-order valence-electron chi connectivity index (χ3n) is 5.08. The van der Waals surface area contributed by atoms with Crippen LogP contribution in [0.5, 0.6) is 0 Å². The van der Waals surface area contributed by atoms with Crippen molar-refractivity contribution >= 4 is 56.0 Å². The Kier molecular flexibility index (Phi) is 7.65. The molecule has 4 aromatic rings. The summed E-state index contributed by atoms with van der Waals surface area (Å²) in [5.41, 5.74) is 1.51. The number of nitrogens with zero attached hydrogens (tertiary/aromatic N) is 5. The number of carbonyl (C=O) groups is 1. The summed E-state index contributed by atoms with van der Waals surface area (Å²) in [5.74, 6) is -1.81. The maximum Gasteiger partial charge on any atom is 0.280 e. The van der Waals surface area contributed by atoms with Gasteiger partial charge < -0.3 is 4.90 Å². The Morgan fingerprint density at radius 2 is 1.75 bits per heavy atom. The zero-order valence-electron chi connectivity index (χ0n) is 17.6. The minimum Gasteiger partial charge on any atom is -0.302 e. The summed E-state index contributed by atoms with van der Waals surface area (Å²) in [7, 11) is 0. The number of benzene rings is 2. The SMILES string of the molecule is CCN(CC)CCN(C(=O)c1cnc2ccccc2n1)c1nc2c(F)cc(F)cc2s1.Cl. The molecule has 0 saturated heterocycles. The van der Waals surface area contributed by atoms with E-state index in [1.54, 1.807) is 6.07 Å². The number of rotatable bonds is 7. The van der Waals surface area contributed by atoms with Crippen LogP contribution < -0.4 is 4.90 Å². The van der Waals surface area contributed by atoms with E-state index in [0.717, 1.165) is 30.5 Å². The van der Waals surface area contributed by atoms with Crippen molar-refractivity contribution in [2.75, 3.05) is 31.1 Å². The zero-order valence-corrected chi connectivity index (χ0v) is 19.2. The molecule has 0 bridgehead atoms. The molecule has 32 heavy (non-hydrogen) atoms. The first-order valence-electron chi connectivity index (χ1n) is 10.0. The van der Waals surface area contributed by atoms with E-state index < -0.39 is 11.6 Å². The van der Waals surface area contributed by atoms with Crippen LogP contribution in [0, 0.1) is 11.6 Å². The second kappa shape index (κ2) is 10.2. The predicted octanol–water partition coefficient (Wildman–Crippen LogP) is 4.93. The molecule has 0 saturated carbocycles. The summed E-state index contributed by atoms with van der Waals surface area (Å²) < 4.78 is 28.2. The van der Waals surface area contributed by atoms with Crippen molar-refractivity contribution in [2.24, 2.45) is 0 Å². The molecule has 2 aromatic carbocycles. The first-order valence-corrected chi connectivity index (χ1v) is 10.8. The lowest BCUT2D eigenvalue weighted by molar-refractivity contribution is 0.0979. The van der Waals surface area contributed by atoms with E-state index in [0.29, 0.717) is 34.0 Å². The molecule has 0 unspecified atom stereocenters. The fraction of sp³-hybridized carbons (Fsp3) is 0.273. The van der Waals surface area contributed by atoms with Crippen molar-refractivity contribution in [3.63, 3.8) is 0 Å². The molecule has 0 aliphatic rings. The van der Waals surface area contributed by atoms with E-state index >= 15 is 0 Å². The highest BCUT2D eigenvalue weighted by atomic mass is 35.5. The molecule has 0 atom stereocenters. The van der Waals surface area contributed by atoms with Gasteiger partial charge in [-0.2, -0.15) is 0 Å². The molecular formula is C22H22ClF2N5OS. The Bertz CT molecular complexity index is 1250. The predicted molar refractivity (Wildman–Crippen MR) is 126 cm³/mol. The fourth-order valence-corrected chi connectivity index (χ4v) is 4.35. The minimum atomic E-state index is -0.751. The highest BCUT2D eigenvalue weighted by Crippen LogP contribution is 2.32. The van der Waals surface area contributed by atoms with Crippen molar-refractivity contribution in [3.05, 3.63) is 59.9 Å². The topological polar surface area (TPSA) is 62.2 Å². The molecule has 2 heterocycles. The van der Waals surface area contributed by atoms with Crippen LogP contribution in [-0.2, 0) is 0 Å². The van der Waals surface area contributed by atoms with E-state index in [2.05, 4.69) is 19.9 Å². The van der Waals surface area contributed by atoms with Gasteiger partial charge >= 0.3 is 0 Å². The van der Waals surface area contributed by atoms with Crippen LogP contribution >= 0.6 is 23.7 Å². The Labute approximate surface area is 194 Å². The van der Waals surface area contributed by atoms with Crippen molar-refractivity contribution in [2.45, 2.75) is 13.8 Å². The van der Waals surface area contributed by atoms with Crippen LogP contribution in [0.2, 0.25) is 0 Å². The molecular weight excluding hydrogens is 456 g/mol. The van der Waals surface area contributed by atoms with Gasteiger partial charge in [-0.3, -0.25) is 14.7 Å². The maximum absolute atomic E-state index is 14.2. The molecule has 0 fully saturated rings. The Hall–Kier alpha value is -2.75. The highest BCUT2D eigenvalue weighted by Gasteiger charge is 2.24. The van der Waals surface area contributed by atoms with Gasteiger partial charge in [-0.1, -0.05) is 37.3 Å². The number of aromatic nitrogens is 3. The molecule has 168 valence electrons. The summed E-state index contributed by atoms with van der Waals surface area (Å²) in [6, 6.07) is 9.30. The monoisotopic (exact) mass is 477 g/mol. The zero-order chi connectivity index (χ0) is 22.0. The number of amides is 1. The quantitative estimate of drug-likeness (QED) is 0.378. The van der Waals surface area contributed by atoms with E-state index in [4.69, 9.17) is 0 Å². The van der Waals surface area contributed by atoms with E-state index in [-0.39, 0.29) is 29.5 Å². The van der Waals surface area contributed by atoms with Gasteiger partial charge in [0.1, 0.15) is 17.0 Å². The number of thiazole rings is 1. The first-order chi connectivity index (χ1) is 15.0. The van der Waals surface area contributed by atoms with Gasteiger partial charge in [-0.25, -0.2) is 18.7 Å². The smallest absolute Gasteiger partial charge is 0.280 e. The van der Waals surface area contributed by atoms with Crippen LogP contribution in [0.15, 0.2) is 42.6 Å². The molecule has 4 rings (SSSR count). The number of hydrogen-bond acceptors (Lipinski definition) is 6. The third kappa shape index (κ3) is 4.85. The number of carbonyl (C=O) groups excluding carboxylic acids is 1. The second-order valence-electron chi connectivity index (χ2n) is 6.96. The average molecular weight is 478 g/mol. The lowest BCUT2D eigenvalue weighted by atomic mass is 10.3. The van der Waals surface area contributed by atoms with E-state index in [1.165, 1.54) is 17.2 Å². The molecule has 1 amide bonds. The maximum atomic E-state index is 14.2. The summed E-state index contributed by atoms with van der Waals surface area (Å²) in [5, 5.41) is 0.298. The molecule has 0 aliphatic heterocycles. The van der Waals surface area contributed by atoms with Crippen molar-refractivity contribution in [1.29, 1.82) is 0 Å². The Morgan fingerprint density at radius 1 is 1.03 bits per heavy atom. The number of anilines is 1. The van der Waals surface area contributed by atoms with Gasteiger partial charge in [0.25, 0.3) is 5.91 Å². The van der Waals surface area contributed by atoms with Gasteiger partial charge in [0, 0.05) is 19.2 Å². The van der Waals surface area contributed by atoms with Crippen LogP contribution in [0.1, 0.15) is 24.3 Å². The van der Waals surface area contributed by atoms with Gasteiger partial charge in [0.05, 0.1) is 21.9 Å². The lowest BCUT2D eigenvalue weighted by Gasteiger charge is -2.24. The lowest BCUT2D eigenvalue weighted by Crippen LogP contribution is -2.39. The second-order valence-corrected chi connectivity index (χ2v) is 7.97. The average Bonchev–Trinajstić information content (AvgIpc) is 3.20. The number of halogens is 3. The van der Waals surface area contributed by atoms with Gasteiger partial charge in [0.2, 0.25) is 0 Å². The van der Waals surface area contributed by atoms with Crippen molar-refractivity contribution in [1.82, 2.24) is 19.9 Å². The standard InChI is InChI=1S/C22H21F2N5OS.ClH/c1-3-28(4-2)9-10-29(22-27-20-15(24)11-14(23)12-19(20)31-22)21(30)18-13-25-16-7-5-6-8-17(16)26-18;/h5-8,11-13H,3-4,9-10H2,1-2H3;1H. The van der Waals surface area contributed by atoms with E-state index in [1.807, 2.05) is 32.0 Å². The highest BCUT2D eigenvalue weighted by molar-refractivity contribution is 7.22. The number of hydrogen-bond donors (Lipinski definition) is 0. The number of fused-ring (bicyclic) bond motifs is 2. The third-order valence-corrected chi connectivity index (χ3v) is 6.11. The van der Waals surface area contributed by atoms with Crippen molar-refractivity contribution in [3.8, 4) is 0 Å². The Morgan fingerprint density at radius 3 is 2.47 bits per heavy atom. The molecule has 0 N–H and O–H groups in total. The first kappa shape index (κ1) is 23.9. The molecule has 10 heteroatoms. The number of para-hydroxylation sites is 2. The summed E-state index contributed by atoms with van der Waals surface area (Å²) >= 11 is 1.07. The Balaban J connectivity index is 0.00000289.